The van der Waals surface area contributed by atoms with E-state index in [1.807, 2.05) is 6.92 Å². The van der Waals surface area contributed by atoms with Crippen molar-refractivity contribution < 1.29 is 13.2 Å². The van der Waals surface area contributed by atoms with Crippen molar-refractivity contribution in [3.8, 4) is 0 Å². The zero-order chi connectivity index (χ0) is 17.4. The van der Waals surface area contributed by atoms with Gasteiger partial charge < -0.3 is 10.1 Å². The minimum atomic E-state index is -3.34. The Balaban J connectivity index is 1.53. The summed E-state index contributed by atoms with van der Waals surface area (Å²) in [6.45, 7) is 4.28. The highest BCUT2D eigenvalue weighted by molar-refractivity contribution is 7.86. The normalized spacial score (nSPS) is 23.6. The molecule has 0 aromatic carbocycles. The molecule has 0 radical (unpaired) electrons. The van der Waals surface area contributed by atoms with Gasteiger partial charge in [0.05, 0.1) is 5.60 Å². The second kappa shape index (κ2) is 6.55. The maximum absolute atomic E-state index is 12.2. The second-order valence-corrected chi connectivity index (χ2v) is 8.90. The Bertz CT molecular complexity index is 671. The van der Waals surface area contributed by atoms with E-state index in [0.717, 1.165) is 24.9 Å². The van der Waals surface area contributed by atoms with Crippen molar-refractivity contribution in [1.29, 1.82) is 0 Å². The molecule has 8 nitrogen and oxygen atoms in total. The van der Waals surface area contributed by atoms with Crippen LogP contribution in [0.2, 0.25) is 0 Å². The molecule has 3 rings (SSSR count). The largest absolute Gasteiger partial charge is 0.372 e. The lowest BCUT2D eigenvalue weighted by molar-refractivity contribution is -0.103. The fourth-order valence-corrected chi connectivity index (χ4v) is 4.55. The lowest BCUT2D eigenvalue weighted by atomic mass is 9.80. The number of nitrogens with zero attached hydrogens (tertiary/aromatic N) is 4. The van der Waals surface area contributed by atoms with Crippen molar-refractivity contribution in [3.05, 3.63) is 18.0 Å². The van der Waals surface area contributed by atoms with Gasteiger partial charge in [-0.25, -0.2) is 9.97 Å². The van der Waals surface area contributed by atoms with Gasteiger partial charge in [0.2, 0.25) is 5.95 Å². The summed E-state index contributed by atoms with van der Waals surface area (Å²) in [5.41, 5.74) is 0.708. The SMILES string of the molecule is Cc1cnc(NCC[C@@H]2CCOC23CN(S(=O)(=O)N(C)C)C3)nc1. The molecule has 2 saturated heterocycles. The molecule has 0 saturated carbocycles. The number of rotatable bonds is 6. The minimum Gasteiger partial charge on any atom is -0.372 e. The predicted octanol–water partition coefficient (Wildman–Crippen LogP) is 0.484. The van der Waals surface area contributed by atoms with Crippen LogP contribution in [0.5, 0.6) is 0 Å². The molecule has 1 aromatic heterocycles. The Kier molecular flexibility index (Phi) is 4.78. The molecule has 2 aliphatic rings. The summed E-state index contributed by atoms with van der Waals surface area (Å²) in [7, 11) is -0.235. The van der Waals surface area contributed by atoms with E-state index in [1.54, 1.807) is 26.5 Å². The van der Waals surface area contributed by atoms with Gasteiger partial charge in [0.25, 0.3) is 10.2 Å². The molecular formula is C15H25N5O3S. The van der Waals surface area contributed by atoms with E-state index in [1.165, 1.54) is 8.61 Å². The summed E-state index contributed by atoms with van der Waals surface area (Å²) in [6, 6.07) is 0. The Morgan fingerprint density at radius 3 is 2.67 bits per heavy atom. The number of aromatic nitrogens is 2. The average Bonchev–Trinajstić information content (AvgIpc) is 2.91. The monoisotopic (exact) mass is 355 g/mol. The molecule has 1 N–H and O–H groups in total. The molecule has 1 spiro atoms. The first-order chi connectivity index (χ1) is 11.3. The third kappa shape index (κ3) is 3.26. The van der Waals surface area contributed by atoms with Gasteiger partial charge in [0.1, 0.15) is 0 Å². The van der Waals surface area contributed by atoms with Crippen molar-refractivity contribution in [2.75, 3.05) is 45.7 Å². The van der Waals surface area contributed by atoms with Gasteiger partial charge in [-0.2, -0.15) is 17.0 Å². The van der Waals surface area contributed by atoms with Crippen LogP contribution in [0.3, 0.4) is 0 Å². The van der Waals surface area contributed by atoms with Crippen LogP contribution in [0.1, 0.15) is 18.4 Å². The van der Waals surface area contributed by atoms with Gasteiger partial charge >= 0.3 is 0 Å². The molecule has 0 bridgehead atoms. The maximum Gasteiger partial charge on any atom is 0.281 e. The topological polar surface area (TPSA) is 87.7 Å². The van der Waals surface area contributed by atoms with E-state index >= 15 is 0 Å². The van der Waals surface area contributed by atoms with Crippen LogP contribution < -0.4 is 5.32 Å². The first-order valence-corrected chi connectivity index (χ1v) is 9.57. The number of nitrogens with one attached hydrogen (secondary N) is 1. The Morgan fingerprint density at radius 2 is 2.04 bits per heavy atom. The lowest BCUT2D eigenvalue weighted by Crippen LogP contribution is -2.67. The Hall–Kier alpha value is -1.29. The fraction of sp³-hybridized carbons (Fsp3) is 0.733. The minimum absolute atomic E-state index is 0.321. The van der Waals surface area contributed by atoms with Crippen molar-refractivity contribution in [2.24, 2.45) is 5.92 Å². The highest BCUT2D eigenvalue weighted by Gasteiger charge is 2.56. The number of ether oxygens (including phenoxy) is 1. The van der Waals surface area contributed by atoms with Gasteiger partial charge in [0.15, 0.2) is 0 Å². The first kappa shape index (κ1) is 17.5. The predicted molar refractivity (Wildman–Crippen MR) is 90.8 cm³/mol. The van der Waals surface area contributed by atoms with Crippen molar-refractivity contribution >= 4 is 16.2 Å². The quantitative estimate of drug-likeness (QED) is 0.799. The Labute approximate surface area is 143 Å². The molecular weight excluding hydrogens is 330 g/mol. The molecule has 0 amide bonds. The van der Waals surface area contributed by atoms with Crippen molar-refractivity contribution in [3.63, 3.8) is 0 Å². The molecule has 0 aliphatic carbocycles. The van der Waals surface area contributed by atoms with Gasteiger partial charge in [-0.15, -0.1) is 0 Å². The zero-order valence-electron chi connectivity index (χ0n) is 14.4. The Morgan fingerprint density at radius 1 is 1.38 bits per heavy atom. The smallest absolute Gasteiger partial charge is 0.281 e. The van der Waals surface area contributed by atoms with Crippen LogP contribution >= 0.6 is 0 Å². The molecule has 2 aliphatic heterocycles. The highest BCUT2D eigenvalue weighted by atomic mass is 32.2. The van der Waals surface area contributed by atoms with Gasteiger partial charge in [-0.1, -0.05) is 0 Å². The lowest BCUT2D eigenvalue weighted by Gasteiger charge is -2.49. The third-order valence-corrected chi connectivity index (χ3v) is 6.67. The van der Waals surface area contributed by atoms with Crippen LogP contribution in [0.15, 0.2) is 12.4 Å². The number of hydrogen-bond donors (Lipinski definition) is 1. The van der Waals surface area contributed by atoms with Crippen molar-refractivity contribution in [2.45, 2.75) is 25.4 Å². The van der Waals surface area contributed by atoms with E-state index in [2.05, 4.69) is 15.3 Å². The number of anilines is 1. The molecule has 0 unspecified atom stereocenters. The van der Waals surface area contributed by atoms with E-state index < -0.39 is 10.2 Å². The number of aryl methyl sites for hydroxylation is 1. The summed E-state index contributed by atoms with van der Waals surface area (Å²) < 4.78 is 33.0. The molecule has 24 heavy (non-hydrogen) atoms. The van der Waals surface area contributed by atoms with Crippen molar-refractivity contribution in [1.82, 2.24) is 18.6 Å². The maximum atomic E-state index is 12.2. The van der Waals surface area contributed by atoms with Crippen LogP contribution in [0.25, 0.3) is 0 Å². The third-order valence-electron chi connectivity index (χ3n) is 4.83. The summed E-state index contributed by atoms with van der Waals surface area (Å²) in [4.78, 5) is 8.46. The number of hydrogen-bond acceptors (Lipinski definition) is 6. The molecule has 3 heterocycles. The molecule has 1 atom stereocenters. The van der Waals surface area contributed by atoms with Crippen LogP contribution in [0.4, 0.5) is 5.95 Å². The molecule has 1 aromatic rings. The summed E-state index contributed by atoms with van der Waals surface area (Å²) in [5.74, 6) is 0.975. The fourth-order valence-electron chi connectivity index (χ4n) is 3.33. The summed E-state index contributed by atoms with van der Waals surface area (Å²) in [6.07, 6.45) is 5.44. The molecule has 2 fully saturated rings. The second-order valence-electron chi connectivity index (χ2n) is 6.76. The standard InChI is InChI=1S/C15H25N5O3S/c1-12-8-17-14(18-9-12)16-6-4-13-5-7-23-15(13)10-20(11-15)24(21,22)19(2)3/h8-9,13H,4-7,10-11H2,1-3H3,(H,16,17,18)/t13-/m1/s1. The molecule has 9 heteroatoms. The van der Waals surface area contributed by atoms with Gasteiger partial charge in [-0.05, 0) is 31.2 Å². The average molecular weight is 355 g/mol. The van der Waals surface area contributed by atoms with E-state index in [0.29, 0.717) is 31.6 Å². The summed E-state index contributed by atoms with van der Waals surface area (Å²) >= 11 is 0. The van der Waals surface area contributed by atoms with Gasteiger partial charge in [-0.3, -0.25) is 0 Å². The van der Waals surface area contributed by atoms with E-state index in [9.17, 15) is 8.42 Å². The van der Waals surface area contributed by atoms with E-state index in [4.69, 9.17) is 4.74 Å². The van der Waals surface area contributed by atoms with Crippen LogP contribution in [-0.4, -0.2) is 72.9 Å². The van der Waals surface area contributed by atoms with E-state index in [-0.39, 0.29) is 5.60 Å². The zero-order valence-corrected chi connectivity index (χ0v) is 15.2. The van der Waals surface area contributed by atoms with Crippen LogP contribution in [0, 0.1) is 12.8 Å². The molecule has 134 valence electrons. The first-order valence-electron chi connectivity index (χ1n) is 8.17. The van der Waals surface area contributed by atoms with Crippen LogP contribution in [-0.2, 0) is 14.9 Å². The van der Waals surface area contributed by atoms with Gasteiger partial charge in [0, 0.05) is 52.7 Å². The highest BCUT2D eigenvalue weighted by Crippen LogP contribution is 2.42. The summed E-state index contributed by atoms with van der Waals surface area (Å²) in [5, 5.41) is 3.23.